The SMILES string of the molecule is CCc1ccccc1.CCc1ccccc1.CCc1ccccc1CC.c1ccccc1. The van der Waals surface area contributed by atoms with Crippen LogP contribution in [-0.2, 0) is 25.7 Å². The van der Waals surface area contributed by atoms with Crippen LogP contribution >= 0.6 is 0 Å². The van der Waals surface area contributed by atoms with Gasteiger partial charge in [-0.2, -0.15) is 0 Å². The summed E-state index contributed by atoms with van der Waals surface area (Å²) in [7, 11) is 0. The second-order valence-corrected chi connectivity index (χ2v) is 7.31. The molecule has 4 aromatic carbocycles. The van der Waals surface area contributed by atoms with Gasteiger partial charge in [-0.15, -0.1) is 0 Å². The molecule has 4 aromatic rings. The van der Waals surface area contributed by atoms with E-state index in [0.717, 1.165) is 25.7 Å². The topological polar surface area (TPSA) is 0 Å². The van der Waals surface area contributed by atoms with Crippen LogP contribution in [0.15, 0.2) is 121 Å². The Morgan fingerprint density at radius 3 is 0.781 bits per heavy atom. The van der Waals surface area contributed by atoms with Crippen LogP contribution in [0.2, 0.25) is 0 Å². The van der Waals surface area contributed by atoms with Crippen LogP contribution in [0.3, 0.4) is 0 Å². The van der Waals surface area contributed by atoms with E-state index < -0.39 is 0 Å². The predicted octanol–water partition coefficient (Wildman–Crippen LogP) is 9.00. The molecule has 0 saturated heterocycles. The lowest BCUT2D eigenvalue weighted by Crippen LogP contribution is -1.88. The molecule has 0 aliphatic carbocycles. The Morgan fingerprint density at radius 2 is 0.562 bits per heavy atom. The summed E-state index contributed by atoms with van der Waals surface area (Å²) < 4.78 is 0. The van der Waals surface area contributed by atoms with Gasteiger partial charge in [-0.25, -0.2) is 0 Å². The Labute approximate surface area is 197 Å². The minimum atomic E-state index is 1.14. The number of aryl methyl sites for hydroxylation is 4. The zero-order chi connectivity index (χ0) is 23.3. The molecule has 0 heteroatoms. The molecule has 0 aliphatic heterocycles. The zero-order valence-corrected chi connectivity index (χ0v) is 20.4. The van der Waals surface area contributed by atoms with Crippen molar-refractivity contribution in [2.24, 2.45) is 0 Å². The molecular formula is C32H40. The van der Waals surface area contributed by atoms with Gasteiger partial charge in [0.1, 0.15) is 0 Å². The summed E-state index contributed by atoms with van der Waals surface area (Å²) in [6.07, 6.45) is 4.59. The van der Waals surface area contributed by atoms with E-state index >= 15 is 0 Å². The molecule has 0 aromatic heterocycles. The lowest BCUT2D eigenvalue weighted by molar-refractivity contribution is 1.04. The third kappa shape index (κ3) is 12.5. The molecule has 0 spiro atoms. The van der Waals surface area contributed by atoms with Crippen molar-refractivity contribution < 1.29 is 0 Å². The molecule has 168 valence electrons. The number of hydrogen-bond acceptors (Lipinski definition) is 0. The average Bonchev–Trinajstić information content (AvgIpc) is 2.91. The molecule has 0 heterocycles. The van der Waals surface area contributed by atoms with E-state index in [1.54, 1.807) is 0 Å². The van der Waals surface area contributed by atoms with Gasteiger partial charge in [0.05, 0.1) is 0 Å². The van der Waals surface area contributed by atoms with Gasteiger partial charge < -0.3 is 0 Å². The Morgan fingerprint density at radius 1 is 0.312 bits per heavy atom. The highest BCUT2D eigenvalue weighted by Crippen LogP contribution is 2.09. The summed E-state index contributed by atoms with van der Waals surface area (Å²) in [5.41, 5.74) is 5.80. The molecule has 0 nitrogen and oxygen atoms in total. The van der Waals surface area contributed by atoms with Crippen LogP contribution in [0.5, 0.6) is 0 Å². The average molecular weight is 425 g/mol. The van der Waals surface area contributed by atoms with Crippen LogP contribution in [0.4, 0.5) is 0 Å². The molecule has 0 aliphatic rings. The number of benzene rings is 4. The first-order valence-electron chi connectivity index (χ1n) is 11.9. The third-order valence-electron chi connectivity index (χ3n) is 5.05. The Hall–Kier alpha value is -3.12. The normalized spacial score (nSPS) is 9.12. The summed E-state index contributed by atoms with van der Waals surface area (Å²) in [4.78, 5) is 0. The first kappa shape index (κ1) is 26.9. The van der Waals surface area contributed by atoms with Gasteiger partial charge in [-0.1, -0.05) is 149 Å². The minimum absolute atomic E-state index is 1.14. The predicted molar refractivity (Wildman–Crippen MR) is 143 cm³/mol. The highest BCUT2D eigenvalue weighted by Gasteiger charge is 1.93. The van der Waals surface area contributed by atoms with Crippen LogP contribution in [0.25, 0.3) is 0 Å². The highest BCUT2D eigenvalue weighted by molar-refractivity contribution is 5.26. The molecule has 4 rings (SSSR count). The number of rotatable bonds is 4. The van der Waals surface area contributed by atoms with Crippen molar-refractivity contribution in [3.8, 4) is 0 Å². The molecule has 0 fully saturated rings. The van der Waals surface area contributed by atoms with Gasteiger partial charge in [-0.3, -0.25) is 0 Å². The molecule has 0 bridgehead atoms. The van der Waals surface area contributed by atoms with E-state index in [9.17, 15) is 0 Å². The van der Waals surface area contributed by atoms with Gasteiger partial charge in [0.15, 0.2) is 0 Å². The summed E-state index contributed by atoms with van der Waals surface area (Å²) in [6.45, 7) is 8.73. The fourth-order valence-corrected chi connectivity index (χ4v) is 3.06. The molecule has 0 saturated carbocycles. The second-order valence-electron chi connectivity index (χ2n) is 7.31. The van der Waals surface area contributed by atoms with Crippen LogP contribution in [0.1, 0.15) is 49.9 Å². The fourth-order valence-electron chi connectivity index (χ4n) is 3.06. The molecule has 0 amide bonds. The maximum Gasteiger partial charge on any atom is -0.0305 e. The standard InChI is InChI=1S/C10H14.2C8H10.C6H6/c1-3-9-7-5-6-8-10(9)4-2;2*1-2-8-6-4-3-5-7-8;1-2-4-6-5-3-1/h5-8H,3-4H2,1-2H3;2*3-7H,2H2,1H3;1-6H. The lowest BCUT2D eigenvalue weighted by Gasteiger charge is -2.02. The van der Waals surface area contributed by atoms with E-state index in [1.165, 1.54) is 22.3 Å². The highest BCUT2D eigenvalue weighted by atomic mass is 14.0. The van der Waals surface area contributed by atoms with Crippen molar-refractivity contribution in [3.63, 3.8) is 0 Å². The monoisotopic (exact) mass is 424 g/mol. The molecule has 0 radical (unpaired) electrons. The summed E-state index contributed by atoms with van der Waals surface area (Å²) >= 11 is 0. The van der Waals surface area contributed by atoms with E-state index in [2.05, 4.69) is 100 Å². The lowest BCUT2D eigenvalue weighted by atomic mass is 10.0. The van der Waals surface area contributed by atoms with E-state index in [1.807, 2.05) is 48.5 Å². The summed E-state index contributed by atoms with van der Waals surface area (Å²) in [6, 6.07) is 41.5. The minimum Gasteiger partial charge on any atom is -0.0623 e. The maximum absolute atomic E-state index is 2.21. The van der Waals surface area contributed by atoms with Crippen LogP contribution in [0, 0.1) is 0 Å². The van der Waals surface area contributed by atoms with Crippen molar-refractivity contribution in [3.05, 3.63) is 144 Å². The molecule has 0 atom stereocenters. The Bertz CT molecular complexity index is 807. The number of hydrogen-bond donors (Lipinski definition) is 0. The largest absolute Gasteiger partial charge is 0.0623 e. The van der Waals surface area contributed by atoms with E-state index in [-0.39, 0.29) is 0 Å². The van der Waals surface area contributed by atoms with E-state index in [0.29, 0.717) is 0 Å². The van der Waals surface area contributed by atoms with Crippen molar-refractivity contribution in [1.82, 2.24) is 0 Å². The first-order valence-corrected chi connectivity index (χ1v) is 11.9. The third-order valence-corrected chi connectivity index (χ3v) is 5.05. The van der Waals surface area contributed by atoms with Crippen LogP contribution < -0.4 is 0 Å². The summed E-state index contributed by atoms with van der Waals surface area (Å²) in [5.74, 6) is 0. The fraction of sp³-hybridized carbons (Fsp3) is 0.250. The quantitative estimate of drug-likeness (QED) is 0.306. The molecule has 0 N–H and O–H groups in total. The molecular weight excluding hydrogens is 384 g/mol. The van der Waals surface area contributed by atoms with Crippen molar-refractivity contribution in [2.75, 3.05) is 0 Å². The molecule has 0 unspecified atom stereocenters. The Balaban J connectivity index is 0.000000216. The zero-order valence-electron chi connectivity index (χ0n) is 20.4. The van der Waals surface area contributed by atoms with Gasteiger partial charge in [0.2, 0.25) is 0 Å². The molecule has 32 heavy (non-hydrogen) atoms. The first-order chi connectivity index (χ1) is 15.7. The van der Waals surface area contributed by atoms with Crippen LogP contribution in [-0.4, -0.2) is 0 Å². The van der Waals surface area contributed by atoms with Gasteiger partial charge in [-0.05, 0) is 47.9 Å². The summed E-state index contributed by atoms with van der Waals surface area (Å²) in [5, 5.41) is 0. The van der Waals surface area contributed by atoms with Crippen molar-refractivity contribution in [2.45, 2.75) is 53.4 Å². The maximum atomic E-state index is 2.21. The van der Waals surface area contributed by atoms with E-state index in [4.69, 9.17) is 0 Å². The van der Waals surface area contributed by atoms with Crippen molar-refractivity contribution >= 4 is 0 Å². The van der Waals surface area contributed by atoms with Crippen molar-refractivity contribution in [1.29, 1.82) is 0 Å². The van der Waals surface area contributed by atoms with Gasteiger partial charge >= 0.3 is 0 Å². The Kier molecular flexibility index (Phi) is 15.7. The smallest absolute Gasteiger partial charge is 0.0305 e. The van der Waals surface area contributed by atoms with Gasteiger partial charge in [0, 0.05) is 0 Å². The van der Waals surface area contributed by atoms with Gasteiger partial charge in [0.25, 0.3) is 0 Å². The second kappa shape index (κ2) is 18.6.